The first kappa shape index (κ1) is 13.6. The van der Waals surface area contributed by atoms with Crippen LogP contribution in [0, 0.1) is 5.92 Å². The third-order valence-corrected chi connectivity index (χ3v) is 5.66. The van der Waals surface area contributed by atoms with E-state index in [-0.39, 0.29) is 5.91 Å². The fraction of sp³-hybridized carbons (Fsp3) is 0.588. The number of benzene rings is 1. The molecule has 0 radical (unpaired) electrons. The molecule has 3 heterocycles. The van der Waals surface area contributed by atoms with Crippen LogP contribution in [-0.2, 0) is 11.2 Å². The van der Waals surface area contributed by atoms with E-state index in [2.05, 4.69) is 5.32 Å². The number of piperidine rings is 1. The van der Waals surface area contributed by atoms with Crippen LogP contribution in [0.3, 0.4) is 0 Å². The third-order valence-electron chi connectivity index (χ3n) is 5.31. The van der Waals surface area contributed by atoms with Crippen molar-refractivity contribution >= 4 is 23.2 Å². The second-order valence-corrected chi connectivity index (χ2v) is 7.12. The number of carbonyl (C=O) groups excluding carboxylic acids is 1. The fourth-order valence-corrected chi connectivity index (χ4v) is 4.61. The molecule has 1 aromatic carbocycles. The topological polar surface area (TPSA) is 32.3 Å². The number of amides is 1. The molecule has 2 unspecified atom stereocenters. The predicted molar refractivity (Wildman–Crippen MR) is 84.8 cm³/mol. The molecule has 2 saturated heterocycles. The van der Waals surface area contributed by atoms with Crippen LogP contribution < -0.4 is 10.2 Å². The number of hydrogen-bond acceptors (Lipinski definition) is 2. The van der Waals surface area contributed by atoms with Gasteiger partial charge in [0, 0.05) is 35.8 Å². The van der Waals surface area contributed by atoms with E-state index in [1.54, 1.807) is 0 Å². The molecular formula is C17H21ClN2O. The first-order valence-corrected chi connectivity index (χ1v) is 8.42. The van der Waals surface area contributed by atoms with Crippen LogP contribution in [-0.4, -0.2) is 24.5 Å². The number of anilines is 1. The Labute approximate surface area is 130 Å². The van der Waals surface area contributed by atoms with Gasteiger partial charge in [0.25, 0.3) is 0 Å². The average molecular weight is 305 g/mol. The number of hydrogen-bond donors (Lipinski definition) is 1. The highest BCUT2D eigenvalue weighted by atomic mass is 35.5. The highest BCUT2D eigenvalue weighted by Crippen LogP contribution is 2.36. The van der Waals surface area contributed by atoms with Crippen LogP contribution in [0.1, 0.15) is 37.7 Å². The normalized spacial score (nSPS) is 30.5. The molecule has 1 aromatic rings. The number of halogens is 1. The van der Waals surface area contributed by atoms with Gasteiger partial charge in [-0.2, -0.15) is 0 Å². The van der Waals surface area contributed by atoms with Gasteiger partial charge >= 0.3 is 0 Å². The molecule has 0 aromatic heterocycles. The minimum absolute atomic E-state index is 0.280. The van der Waals surface area contributed by atoms with Gasteiger partial charge in [0.2, 0.25) is 5.91 Å². The minimum Gasteiger partial charge on any atom is -0.312 e. The van der Waals surface area contributed by atoms with Crippen molar-refractivity contribution in [2.24, 2.45) is 5.92 Å². The van der Waals surface area contributed by atoms with E-state index in [1.165, 1.54) is 25.7 Å². The highest BCUT2D eigenvalue weighted by Gasteiger charge is 2.35. The quantitative estimate of drug-likeness (QED) is 0.910. The van der Waals surface area contributed by atoms with Crippen LogP contribution >= 0.6 is 11.6 Å². The van der Waals surface area contributed by atoms with Gasteiger partial charge in [-0.1, -0.05) is 17.7 Å². The summed E-state index contributed by atoms with van der Waals surface area (Å²) in [6, 6.07) is 7.19. The lowest BCUT2D eigenvalue weighted by atomic mass is 9.89. The molecule has 2 fully saturated rings. The lowest BCUT2D eigenvalue weighted by Gasteiger charge is -2.30. The Kier molecular flexibility index (Phi) is 3.43. The first-order chi connectivity index (χ1) is 10.2. The molecule has 4 heteroatoms. The van der Waals surface area contributed by atoms with Gasteiger partial charge in [0.05, 0.1) is 0 Å². The van der Waals surface area contributed by atoms with Crippen LogP contribution in [0.2, 0.25) is 5.02 Å². The smallest absolute Gasteiger partial charge is 0.227 e. The first-order valence-electron chi connectivity index (χ1n) is 8.04. The zero-order valence-corrected chi connectivity index (χ0v) is 12.9. The Morgan fingerprint density at radius 3 is 2.81 bits per heavy atom. The molecule has 112 valence electrons. The number of rotatable bonds is 2. The Hall–Kier alpha value is -1.06. The molecule has 3 aliphatic heterocycles. The van der Waals surface area contributed by atoms with E-state index in [0.717, 1.165) is 29.2 Å². The van der Waals surface area contributed by atoms with Gasteiger partial charge in [0.15, 0.2) is 0 Å². The number of nitrogens with one attached hydrogen (secondary N) is 1. The van der Waals surface area contributed by atoms with Gasteiger partial charge in [-0.15, -0.1) is 0 Å². The Morgan fingerprint density at radius 2 is 2.05 bits per heavy atom. The van der Waals surface area contributed by atoms with Crippen molar-refractivity contribution in [2.75, 3.05) is 11.4 Å². The van der Waals surface area contributed by atoms with E-state index in [0.29, 0.717) is 24.4 Å². The number of nitrogens with zero attached hydrogens (tertiary/aromatic N) is 1. The molecule has 0 saturated carbocycles. The molecule has 4 rings (SSSR count). The highest BCUT2D eigenvalue weighted by molar-refractivity contribution is 6.32. The van der Waals surface area contributed by atoms with Gasteiger partial charge in [-0.3, -0.25) is 4.79 Å². The zero-order chi connectivity index (χ0) is 14.4. The standard InChI is InChI=1S/C17H21ClN2O/c18-15-2-1-3-16-14(15)6-7-20(16)17(21)10-11-8-12-4-5-13(9-11)19-12/h1-3,11-13,19H,4-10H2. The van der Waals surface area contributed by atoms with Crippen molar-refractivity contribution in [1.82, 2.24) is 5.32 Å². The molecule has 3 aliphatic rings. The number of carbonyl (C=O) groups is 1. The monoisotopic (exact) mass is 304 g/mol. The van der Waals surface area contributed by atoms with Gasteiger partial charge in [-0.25, -0.2) is 0 Å². The van der Waals surface area contributed by atoms with Crippen molar-refractivity contribution in [3.05, 3.63) is 28.8 Å². The third kappa shape index (κ3) is 2.47. The Bertz CT molecular complexity index is 562. The summed E-state index contributed by atoms with van der Waals surface area (Å²) in [4.78, 5) is 14.6. The molecule has 1 N–H and O–H groups in total. The maximum absolute atomic E-state index is 12.7. The van der Waals surface area contributed by atoms with Gasteiger partial charge in [-0.05, 0) is 55.7 Å². The maximum Gasteiger partial charge on any atom is 0.227 e. The molecule has 2 atom stereocenters. The Morgan fingerprint density at radius 1 is 1.29 bits per heavy atom. The van der Waals surface area contributed by atoms with E-state index in [4.69, 9.17) is 11.6 Å². The second kappa shape index (κ2) is 5.29. The van der Waals surface area contributed by atoms with E-state index >= 15 is 0 Å². The van der Waals surface area contributed by atoms with Gasteiger partial charge in [0.1, 0.15) is 0 Å². The van der Waals surface area contributed by atoms with Crippen LogP contribution in [0.4, 0.5) is 5.69 Å². The molecule has 0 aliphatic carbocycles. The lowest BCUT2D eigenvalue weighted by molar-refractivity contribution is -0.119. The second-order valence-electron chi connectivity index (χ2n) is 6.71. The maximum atomic E-state index is 12.7. The molecule has 2 bridgehead atoms. The van der Waals surface area contributed by atoms with Gasteiger partial charge < -0.3 is 10.2 Å². The number of fused-ring (bicyclic) bond motifs is 3. The summed E-state index contributed by atoms with van der Waals surface area (Å²) in [5.74, 6) is 0.835. The van der Waals surface area contributed by atoms with Crippen LogP contribution in [0.5, 0.6) is 0 Å². The van der Waals surface area contributed by atoms with Crippen molar-refractivity contribution < 1.29 is 4.79 Å². The molecule has 21 heavy (non-hydrogen) atoms. The van der Waals surface area contributed by atoms with E-state index < -0.39 is 0 Å². The lowest BCUT2D eigenvalue weighted by Crippen LogP contribution is -2.40. The van der Waals surface area contributed by atoms with E-state index in [9.17, 15) is 4.79 Å². The summed E-state index contributed by atoms with van der Waals surface area (Å²) < 4.78 is 0. The van der Waals surface area contributed by atoms with Crippen molar-refractivity contribution in [1.29, 1.82) is 0 Å². The molecule has 3 nitrogen and oxygen atoms in total. The summed E-state index contributed by atoms with van der Waals surface area (Å²) in [7, 11) is 0. The van der Waals surface area contributed by atoms with Crippen molar-refractivity contribution in [3.63, 3.8) is 0 Å². The summed E-state index contributed by atoms with van der Waals surface area (Å²) in [5, 5.41) is 4.44. The minimum atomic E-state index is 0.280. The largest absolute Gasteiger partial charge is 0.312 e. The SMILES string of the molecule is O=C(CC1CC2CCC(C1)N2)N1CCc2c(Cl)cccc21. The summed E-state index contributed by atoms with van der Waals surface area (Å²) in [5.41, 5.74) is 2.17. The Balaban J connectivity index is 1.46. The summed E-state index contributed by atoms with van der Waals surface area (Å²) in [6.45, 7) is 0.787. The van der Waals surface area contributed by atoms with Crippen molar-refractivity contribution in [2.45, 2.75) is 50.6 Å². The molecular weight excluding hydrogens is 284 g/mol. The van der Waals surface area contributed by atoms with Crippen LogP contribution in [0.25, 0.3) is 0 Å². The molecule has 1 amide bonds. The predicted octanol–water partition coefficient (Wildman–Crippen LogP) is 3.15. The fourth-order valence-electron chi connectivity index (χ4n) is 4.35. The van der Waals surface area contributed by atoms with Crippen LogP contribution in [0.15, 0.2) is 18.2 Å². The zero-order valence-electron chi connectivity index (χ0n) is 12.1. The summed E-state index contributed by atoms with van der Waals surface area (Å²) in [6.07, 6.45) is 6.49. The molecule has 0 spiro atoms. The van der Waals surface area contributed by atoms with E-state index in [1.807, 2.05) is 23.1 Å². The summed E-state index contributed by atoms with van der Waals surface area (Å²) >= 11 is 6.23. The van der Waals surface area contributed by atoms with Crippen molar-refractivity contribution in [3.8, 4) is 0 Å². The average Bonchev–Trinajstić information content (AvgIpc) is 3.03.